The number of hydrogen-bond acceptors (Lipinski definition) is 12. The number of carbonyl (C=O) groups excluding carboxylic acids is 7. The number of amides is 7. The molecule has 0 unspecified atom stereocenters. The fourth-order valence-electron chi connectivity index (χ4n) is 8.96. The highest BCUT2D eigenvalue weighted by atomic mass is 32.1. The minimum Gasteiger partial charge on any atom is -0.480 e. The van der Waals surface area contributed by atoms with Crippen molar-refractivity contribution in [3.8, 4) is 0 Å². The fourth-order valence-corrected chi connectivity index (χ4v) is 9.13. The molecule has 6 rings (SSSR count). The Balaban J connectivity index is 1.18. The number of carbonyl (C=O) groups is 8. The molecule has 8 atom stereocenters. The first-order valence-corrected chi connectivity index (χ1v) is 26.4. The predicted octanol–water partition coefficient (Wildman–Crippen LogP) is 1.19. The van der Waals surface area contributed by atoms with Gasteiger partial charge in [0.25, 0.3) is 0 Å². The number of H-pyrrole nitrogens is 3. The summed E-state index contributed by atoms with van der Waals surface area (Å²) in [6.07, 6.45) is 7.16. The SMILES string of the molecule is C[C@H](NC(=O)[C@H](Cc1c[nH]c2ccccc12)NC(=O)[C@H](CCCCN)NC(=O)[C@H](C)NC(=O)[C@H](Cc1c[nH]c2ccccc12)NC(=O)[C@H](CCCCN)NC(=O)[C@@H](N)CS)C(=O)N[C@@H](Cc1c[nH]c2ccccc12)C(=O)O. The lowest BCUT2D eigenvalue weighted by Gasteiger charge is -2.27. The van der Waals surface area contributed by atoms with E-state index < -0.39 is 95.7 Å². The lowest BCUT2D eigenvalue weighted by molar-refractivity contribution is -0.142. The molecule has 7 amide bonds. The van der Waals surface area contributed by atoms with Crippen LogP contribution in [0.5, 0.6) is 0 Å². The van der Waals surface area contributed by atoms with Gasteiger partial charge in [-0.2, -0.15) is 12.6 Å². The Morgan fingerprint density at radius 2 is 0.792 bits per heavy atom. The number of unbranched alkanes of at least 4 members (excludes halogenated alkanes) is 2. The third-order valence-electron chi connectivity index (χ3n) is 13.4. The zero-order valence-corrected chi connectivity index (χ0v) is 44.1. The summed E-state index contributed by atoms with van der Waals surface area (Å²) < 4.78 is 0. The normalized spacial score (nSPS) is 14.5. The van der Waals surface area contributed by atoms with Gasteiger partial charge >= 0.3 is 5.97 Å². The maximum atomic E-state index is 14.4. The summed E-state index contributed by atoms with van der Waals surface area (Å²) >= 11 is 4.11. The first kappa shape index (κ1) is 58.5. The van der Waals surface area contributed by atoms with Crippen molar-refractivity contribution >= 4 is 92.7 Å². The Hall–Kier alpha value is -7.73. The van der Waals surface area contributed by atoms with Crippen LogP contribution in [0.1, 0.15) is 69.1 Å². The van der Waals surface area contributed by atoms with Gasteiger partial charge in [0, 0.05) is 76.3 Å². The van der Waals surface area contributed by atoms with Gasteiger partial charge in [-0.1, -0.05) is 54.6 Å². The number of benzene rings is 3. The van der Waals surface area contributed by atoms with Crippen molar-refractivity contribution < 1.29 is 43.5 Å². The van der Waals surface area contributed by atoms with Gasteiger partial charge in [-0.05, 0) is 100 Å². The molecular weight excluding hydrogens is 1010 g/mol. The maximum absolute atomic E-state index is 14.4. The Morgan fingerprint density at radius 3 is 1.16 bits per heavy atom. The molecule has 0 aliphatic rings. The molecule has 3 aromatic heterocycles. The number of aromatic amines is 3. The van der Waals surface area contributed by atoms with Gasteiger partial charge in [0.1, 0.15) is 42.3 Å². The third kappa shape index (κ3) is 16.1. The molecule has 0 saturated carbocycles. The number of para-hydroxylation sites is 3. The number of rotatable bonds is 30. The number of carboxylic acids is 1. The smallest absolute Gasteiger partial charge is 0.326 e. The second-order valence-electron chi connectivity index (χ2n) is 19.2. The summed E-state index contributed by atoms with van der Waals surface area (Å²) in [5.41, 5.74) is 21.8. The molecule has 412 valence electrons. The number of thiol groups is 1. The van der Waals surface area contributed by atoms with Crippen LogP contribution in [0.25, 0.3) is 32.7 Å². The molecule has 22 nitrogen and oxygen atoms in total. The van der Waals surface area contributed by atoms with Crippen LogP contribution >= 0.6 is 12.6 Å². The number of nitrogens with one attached hydrogen (secondary N) is 10. The number of hydrogen-bond donors (Lipinski definition) is 15. The molecular formula is C54H71N13O9S. The van der Waals surface area contributed by atoms with E-state index in [0.29, 0.717) is 48.9 Å². The average molecular weight is 1080 g/mol. The van der Waals surface area contributed by atoms with Gasteiger partial charge in [0.2, 0.25) is 41.4 Å². The Morgan fingerprint density at radius 1 is 0.468 bits per heavy atom. The summed E-state index contributed by atoms with van der Waals surface area (Å²) in [4.78, 5) is 119. The topological polar surface area (TPSA) is 366 Å². The zero-order valence-electron chi connectivity index (χ0n) is 43.2. The maximum Gasteiger partial charge on any atom is 0.326 e. The van der Waals surface area contributed by atoms with E-state index in [9.17, 15) is 43.5 Å². The summed E-state index contributed by atoms with van der Waals surface area (Å²) in [7, 11) is 0. The van der Waals surface area contributed by atoms with E-state index in [1.807, 2.05) is 72.8 Å². The van der Waals surface area contributed by atoms with Gasteiger partial charge in [0.05, 0.1) is 6.04 Å². The minimum atomic E-state index is -1.34. The van der Waals surface area contributed by atoms with Crippen LogP contribution in [0.2, 0.25) is 0 Å². The Kier molecular flexibility index (Phi) is 21.6. The van der Waals surface area contributed by atoms with Gasteiger partial charge in [-0.3, -0.25) is 33.6 Å². The average Bonchev–Trinajstić information content (AvgIpc) is 4.16. The lowest BCUT2D eigenvalue weighted by Crippen LogP contribution is -2.60. The molecule has 0 fully saturated rings. The van der Waals surface area contributed by atoms with E-state index in [1.165, 1.54) is 13.8 Å². The monoisotopic (exact) mass is 1080 g/mol. The molecule has 77 heavy (non-hydrogen) atoms. The molecule has 0 bridgehead atoms. The van der Waals surface area contributed by atoms with Crippen molar-refractivity contribution in [3.63, 3.8) is 0 Å². The molecule has 0 aliphatic heterocycles. The summed E-state index contributed by atoms with van der Waals surface area (Å²) in [6.45, 7) is 3.45. The predicted molar refractivity (Wildman–Crippen MR) is 296 cm³/mol. The Labute approximate surface area is 450 Å². The second kappa shape index (κ2) is 28.4. The van der Waals surface area contributed by atoms with Crippen molar-refractivity contribution in [3.05, 3.63) is 108 Å². The highest BCUT2D eigenvalue weighted by molar-refractivity contribution is 7.80. The summed E-state index contributed by atoms with van der Waals surface area (Å²) in [5, 5.41) is 31.3. The first-order valence-electron chi connectivity index (χ1n) is 25.8. The Bertz CT molecular complexity index is 3010. The first-order chi connectivity index (χ1) is 37.0. The fraction of sp³-hybridized carbons (Fsp3) is 0.407. The molecule has 0 saturated heterocycles. The van der Waals surface area contributed by atoms with Crippen LogP contribution < -0.4 is 54.4 Å². The highest BCUT2D eigenvalue weighted by Crippen LogP contribution is 2.22. The standard InChI is InChI=1S/C54H71N13O9S/c1-30(61-52(73)45(24-33-27-59-40-17-7-4-14-36(33)40)66-51(72)43(20-10-12-22-56)64-49(70)38(57)29-77)47(68)63-42(19-9-11-21-55)50(71)65-44(23-32-26-58-39-16-6-3-13-35(32)39)53(74)62-31(2)48(69)67-46(54(75)76)25-34-28-60-41-18-8-5-15-37(34)41/h3-8,13-18,26-28,30-31,38,42-46,58-60,77H,9-12,19-25,29,55-57H2,1-2H3,(H,61,73)(H,62,74)(H,63,68)(H,64,70)(H,65,71)(H,66,72)(H,67,69)(H,75,76)/t30-,31-,38-,42-,43-,44-,45-,46-/m0/s1. The van der Waals surface area contributed by atoms with Crippen LogP contribution in [0.15, 0.2) is 91.4 Å². The van der Waals surface area contributed by atoms with Crippen molar-refractivity contribution in [1.82, 2.24) is 52.2 Å². The van der Waals surface area contributed by atoms with E-state index in [1.54, 1.807) is 18.6 Å². The molecule has 17 N–H and O–H groups in total. The molecule has 0 aliphatic carbocycles. The van der Waals surface area contributed by atoms with E-state index in [2.05, 4.69) is 64.8 Å². The molecule has 3 heterocycles. The van der Waals surface area contributed by atoms with Crippen molar-refractivity contribution in [2.75, 3.05) is 18.8 Å². The molecule has 0 radical (unpaired) electrons. The summed E-state index contributed by atoms with van der Waals surface area (Å²) in [5.74, 6) is -6.33. The lowest BCUT2D eigenvalue weighted by atomic mass is 10.0. The number of carboxylic acid groups (broad SMARTS) is 1. The summed E-state index contributed by atoms with van der Waals surface area (Å²) in [6, 6.07) is 12.3. The van der Waals surface area contributed by atoms with E-state index in [4.69, 9.17) is 17.2 Å². The van der Waals surface area contributed by atoms with Crippen LogP contribution in [0.3, 0.4) is 0 Å². The number of aliphatic carboxylic acids is 1. The molecule has 0 spiro atoms. The second-order valence-corrected chi connectivity index (χ2v) is 19.5. The van der Waals surface area contributed by atoms with Gasteiger partial charge < -0.3 is 74.5 Å². The number of aromatic nitrogens is 3. The number of nitrogens with two attached hydrogens (primary N) is 3. The van der Waals surface area contributed by atoms with Gasteiger partial charge in [0.15, 0.2) is 0 Å². The van der Waals surface area contributed by atoms with E-state index in [-0.39, 0.29) is 44.4 Å². The molecule has 23 heteroatoms. The van der Waals surface area contributed by atoms with Crippen LogP contribution in [-0.2, 0) is 57.6 Å². The van der Waals surface area contributed by atoms with E-state index >= 15 is 0 Å². The van der Waals surface area contributed by atoms with Crippen LogP contribution in [0.4, 0.5) is 0 Å². The van der Waals surface area contributed by atoms with Crippen molar-refractivity contribution in [1.29, 1.82) is 0 Å². The quantitative estimate of drug-likeness (QED) is 0.0224. The van der Waals surface area contributed by atoms with E-state index in [0.717, 1.165) is 32.7 Å². The van der Waals surface area contributed by atoms with Crippen LogP contribution in [-0.4, -0.2) is 135 Å². The third-order valence-corrected chi connectivity index (χ3v) is 13.8. The largest absolute Gasteiger partial charge is 0.480 e. The van der Waals surface area contributed by atoms with Crippen LogP contribution in [0, 0.1) is 0 Å². The van der Waals surface area contributed by atoms with Gasteiger partial charge in [-0.15, -0.1) is 0 Å². The molecule has 3 aromatic carbocycles. The highest BCUT2D eigenvalue weighted by Gasteiger charge is 2.34. The number of fused-ring (bicyclic) bond motifs is 3. The van der Waals surface area contributed by atoms with Crippen molar-refractivity contribution in [2.24, 2.45) is 17.2 Å². The minimum absolute atomic E-state index is 0.0228. The van der Waals surface area contributed by atoms with Crippen molar-refractivity contribution in [2.45, 2.75) is 120 Å². The molecule has 6 aromatic rings. The van der Waals surface area contributed by atoms with Gasteiger partial charge in [-0.25, -0.2) is 4.79 Å². The zero-order chi connectivity index (χ0) is 55.6.